The number of aryl methyl sites for hydroxylation is 2. The number of carbonyl (C=O) groups is 1. The van der Waals surface area contributed by atoms with Crippen LogP contribution in [0.15, 0.2) is 59.5 Å². The molecule has 5 nitrogen and oxygen atoms in total. The summed E-state index contributed by atoms with van der Waals surface area (Å²) >= 11 is 0. The quantitative estimate of drug-likeness (QED) is 0.747. The summed E-state index contributed by atoms with van der Waals surface area (Å²) in [5.74, 6) is -0.364. The lowest BCUT2D eigenvalue weighted by Crippen LogP contribution is -2.44. The minimum Gasteiger partial charge on any atom is -0.324 e. The second-order valence-electron chi connectivity index (χ2n) is 6.92. The highest BCUT2D eigenvalue weighted by molar-refractivity contribution is 7.93. The standard InChI is InChI=1S/C21H20N2O3S/c1-13-10-11-14(2)17(12-13)22-21(24)15(3)23-18-8-4-6-16-7-5-9-19(20(16)18)27(23,25)26/h4-12,15H,1-3H3,(H,22,24)/t15-/m0/s1. The van der Waals surface area contributed by atoms with E-state index in [-0.39, 0.29) is 10.8 Å². The molecule has 0 spiro atoms. The van der Waals surface area contributed by atoms with Crippen molar-refractivity contribution in [3.8, 4) is 0 Å². The molecule has 1 heterocycles. The van der Waals surface area contributed by atoms with Crippen LogP contribution in [0.5, 0.6) is 0 Å². The predicted molar refractivity (Wildman–Crippen MR) is 108 cm³/mol. The normalized spacial score (nSPS) is 15.7. The number of carbonyl (C=O) groups excluding carboxylic acids is 1. The molecule has 1 aliphatic heterocycles. The summed E-state index contributed by atoms with van der Waals surface area (Å²) in [6.07, 6.45) is 0. The van der Waals surface area contributed by atoms with E-state index < -0.39 is 16.1 Å². The molecular weight excluding hydrogens is 360 g/mol. The first-order valence-electron chi connectivity index (χ1n) is 8.75. The highest BCUT2D eigenvalue weighted by atomic mass is 32.2. The van der Waals surface area contributed by atoms with E-state index in [2.05, 4.69) is 5.32 Å². The average Bonchev–Trinajstić information content (AvgIpc) is 2.86. The van der Waals surface area contributed by atoms with E-state index in [1.165, 1.54) is 4.31 Å². The van der Waals surface area contributed by atoms with Gasteiger partial charge in [0.25, 0.3) is 10.0 Å². The molecule has 0 fully saturated rings. The first-order chi connectivity index (χ1) is 12.8. The van der Waals surface area contributed by atoms with Crippen molar-refractivity contribution in [2.45, 2.75) is 31.7 Å². The van der Waals surface area contributed by atoms with Crippen molar-refractivity contribution in [2.75, 3.05) is 9.62 Å². The van der Waals surface area contributed by atoms with E-state index in [4.69, 9.17) is 0 Å². The Morgan fingerprint density at radius 3 is 2.48 bits per heavy atom. The summed E-state index contributed by atoms with van der Waals surface area (Å²) in [7, 11) is -3.78. The lowest BCUT2D eigenvalue weighted by molar-refractivity contribution is -0.116. The number of rotatable bonds is 3. The van der Waals surface area contributed by atoms with Gasteiger partial charge in [-0.15, -0.1) is 0 Å². The summed E-state index contributed by atoms with van der Waals surface area (Å²) in [5.41, 5.74) is 3.19. The van der Waals surface area contributed by atoms with Crippen molar-refractivity contribution in [3.05, 3.63) is 65.7 Å². The van der Waals surface area contributed by atoms with Gasteiger partial charge in [-0.25, -0.2) is 8.42 Å². The molecule has 0 bridgehead atoms. The zero-order chi connectivity index (χ0) is 19.3. The van der Waals surface area contributed by atoms with Gasteiger partial charge in [0.15, 0.2) is 0 Å². The molecule has 1 amide bonds. The van der Waals surface area contributed by atoms with Gasteiger partial charge in [-0.2, -0.15) is 0 Å². The third kappa shape index (κ3) is 2.68. The number of nitrogens with zero attached hydrogens (tertiary/aromatic N) is 1. The van der Waals surface area contributed by atoms with Gasteiger partial charge < -0.3 is 5.32 Å². The van der Waals surface area contributed by atoms with Crippen LogP contribution in [0, 0.1) is 13.8 Å². The Hall–Kier alpha value is -2.86. The molecule has 0 aromatic heterocycles. The van der Waals surface area contributed by atoms with Crippen LogP contribution in [0.25, 0.3) is 10.8 Å². The van der Waals surface area contributed by atoms with E-state index in [1.807, 2.05) is 50.2 Å². The molecule has 1 N–H and O–H groups in total. The number of amides is 1. The van der Waals surface area contributed by atoms with Crippen LogP contribution >= 0.6 is 0 Å². The predicted octanol–water partition coefficient (Wildman–Crippen LogP) is 3.99. The van der Waals surface area contributed by atoms with Crippen molar-refractivity contribution in [2.24, 2.45) is 0 Å². The molecular formula is C21H20N2O3S. The fraction of sp³-hybridized carbons (Fsp3) is 0.190. The van der Waals surface area contributed by atoms with E-state index in [1.54, 1.807) is 25.1 Å². The van der Waals surface area contributed by atoms with Crippen LogP contribution in [0.2, 0.25) is 0 Å². The molecule has 0 saturated carbocycles. The summed E-state index contributed by atoms with van der Waals surface area (Å²) < 4.78 is 27.5. The number of hydrogen-bond donors (Lipinski definition) is 1. The summed E-state index contributed by atoms with van der Waals surface area (Å²) in [6, 6.07) is 15.5. The fourth-order valence-corrected chi connectivity index (χ4v) is 5.42. The number of sulfonamides is 1. The first-order valence-corrected chi connectivity index (χ1v) is 10.2. The molecule has 0 aliphatic carbocycles. The number of benzene rings is 3. The van der Waals surface area contributed by atoms with Crippen molar-refractivity contribution >= 4 is 38.1 Å². The third-order valence-corrected chi connectivity index (χ3v) is 6.93. The van der Waals surface area contributed by atoms with Gasteiger partial charge in [0, 0.05) is 11.1 Å². The van der Waals surface area contributed by atoms with Crippen LogP contribution in [0.1, 0.15) is 18.1 Å². The monoisotopic (exact) mass is 380 g/mol. The van der Waals surface area contributed by atoms with Gasteiger partial charge in [0.2, 0.25) is 5.91 Å². The maximum absolute atomic E-state index is 13.1. The van der Waals surface area contributed by atoms with Crippen molar-refractivity contribution in [1.29, 1.82) is 0 Å². The lowest BCUT2D eigenvalue weighted by Gasteiger charge is -2.25. The minimum absolute atomic E-state index is 0.252. The highest BCUT2D eigenvalue weighted by Crippen LogP contribution is 2.43. The number of anilines is 2. The zero-order valence-corrected chi connectivity index (χ0v) is 16.2. The summed E-state index contributed by atoms with van der Waals surface area (Å²) in [5, 5.41) is 4.40. The van der Waals surface area contributed by atoms with Gasteiger partial charge in [-0.3, -0.25) is 9.10 Å². The van der Waals surface area contributed by atoms with E-state index >= 15 is 0 Å². The van der Waals surface area contributed by atoms with Crippen LogP contribution in [0.4, 0.5) is 11.4 Å². The van der Waals surface area contributed by atoms with Crippen molar-refractivity contribution in [3.63, 3.8) is 0 Å². The van der Waals surface area contributed by atoms with Crippen LogP contribution in [-0.2, 0) is 14.8 Å². The molecule has 4 rings (SSSR count). The SMILES string of the molecule is Cc1ccc(C)c(NC(=O)[C@H](C)N2c3cccc4cccc(c34)S2(=O)=O)c1. The molecule has 138 valence electrons. The average molecular weight is 380 g/mol. The van der Waals surface area contributed by atoms with Crippen LogP contribution in [-0.4, -0.2) is 20.4 Å². The zero-order valence-electron chi connectivity index (χ0n) is 15.4. The van der Waals surface area contributed by atoms with Gasteiger partial charge in [-0.1, -0.05) is 36.4 Å². The largest absolute Gasteiger partial charge is 0.324 e. The molecule has 0 unspecified atom stereocenters. The number of nitrogens with one attached hydrogen (secondary N) is 1. The Labute approximate surface area is 158 Å². The van der Waals surface area contributed by atoms with Crippen LogP contribution in [0.3, 0.4) is 0 Å². The molecule has 0 saturated heterocycles. The smallest absolute Gasteiger partial charge is 0.265 e. The van der Waals surface area contributed by atoms with Crippen LogP contribution < -0.4 is 9.62 Å². The molecule has 1 atom stereocenters. The second kappa shape index (κ2) is 6.09. The Kier molecular flexibility index (Phi) is 3.96. The Morgan fingerprint density at radius 1 is 1.04 bits per heavy atom. The van der Waals surface area contributed by atoms with Gasteiger partial charge >= 0.3 is 0 Å². The maximum atomic E-state index is 13.1. The topological polar surface area (TPSA) is 66.5 Å². The highest BCUT2D eigenvalue weighted by Gasteiger charge is 2.40. The van der Waals surface area contributed by atoms with E-state index in [0.29, 0.717) is 16.8 Å². The maximum Gasteiger partial charge on any atom is 0.265 e. The fourth-order valence-electron chi connectivity index (χ4n) is 3.55. The molecule has 27 heavy (non-hydrogen) atoms. The molecule has 1 aliphatic rings. The number of hydrogen-bond acceptors (Lipinski definition) is 3. The molecule has 0 radical (unpaired) electrons. The summed E-state index contributed by atoms with van der Waals surface area (Å²) in [4.78, 5) is 13.2. The lowest BCUT2D eigenvalue weighted by atomic mass is 10.1. The Morgan fingerprint density at radius 2 is 1.74 bits per heavy atom. The first kappa shape index (κ1) is 17.5. The van der Waals surface area contributed by atoms with E-state index in [0.717, 1.165) is 16.5 Å². The molecule has 3 aromatic rings. The van der Waals surface area contributed by atoms with Crippen molar-refractivity contribution in [1.82, 2.24) is 0 Å². The minimum atomic E-state index is -3.78. The van der Waals surface area contributed by atoms with Crippen molar-refractivity contribution < 1.29 is 13.2 Å². The Balaban J connectivity index is 1.74. The third-order valence-electron chi connectivity index (χ3n) is 5.00. The van der Waals surface area contributed by atoms with Gasteiger partial charge in [-0.05, 0) is 55.5 Å². The Bertz CT molecular complexity index is 1180. The molecule has 6 heteroatoms. The van der Waals surface area contributed by atoms with Gasteiger partial charge in [0.05, 0.1) is 10.6 Å². The van der Waals surface area contributed by atoms with Gasteiger partial charge in [0.1, 0.15) is 6.04 Å². The molecule has 3 aromatic carbocycles. The second-order valence-corrected chi connectivity index (χ2v) is 8.70. The van der Waals surface area contributed by atoms with E-state index in [9.17, 15) is 13.2 Å². The summed E-state index contributed by atoms with van der Waals surface area (Å²) in [6.45, 7) is 5.46.